The molecule has 16 heavy (non-hydrogen) atoms. The van der Waals surface area contributed by atoms with Crippen molar-refractivity contribution < 1.29 is 5.11 Å². The molecule has 1 aromatic carbocycles. The Bertz CT molecular complexity index is 466. The quantitative estimate of drug-likeness (QED) is 0.696. The second kappa shape index (κ2) is 2.62. The molecule has 2 fully saturated rings. The summed E-state index contributed by atoms with van der Waals surface area (Å²) in [6.45, 7) is 2.37. The Hall–Kier alpha value is -1.02. The summed E-state index contributed by atoms with van der Waals surface area (Å²) in [6, 6.07) is 7.38. The molecule has 0 radical (unpaired) electrons. The van der Waals surface area contributed by atoms with Gasteiger partial charge in [-0.2, -0.15) is 0 Å². The van der Waals surface area contributed by atoms with Gasteiger partial charge in [-0.15, -0.1) is 0 Å². The zero-order chi connectivity index (χ0) is 10.9. The van der Waals surface area contributed by atoms with Crippen molar-refractivity contribution in [3.8, 4) is 5.75 Å². The lowest BCUT2D eigenvalue weighted by molar-refractivity contribution is 0.248. The topological polar surface area (TPSA) is 32.3 Å². The minimum atomic E-state index is 0.293. The fourth-order valence-corrected chi connectivity index (χ4v) is 4.37. The Morgan fingerprint density at radius 1 is 1.38 bits per heavy atom. The van der Waals surface area contributed by atoms with Gasteiger partial charge in [0, 0.05) is 18.0 Å². The number of hydrogen-bond acceptors (Lipinski definition) is 2. The summed E-state index contributed by atoms with van der Waals surface area (Å²) in [4.78, 5) is 0. The van der Waals surface area contributed by atoms with Crippen molar-refractivity contribution in [2.75, 3.05) is 0 Å². The van der Waals surface area contributed by atoms with E-state index in [-0.39, 0.29) is 0 Å². The lowest BCUT2D eigenvalue weighted by atomic mass is 9.65. The minimum Gasteiger partial charge on any atom is -0.508 e. The fourth-order valence-electron chi connectivity index (χ4n) is 4.37. The molecule has 1 aromatic rings. The summed E-state index contributed by atoms with van der Waals surface area (Å²) in [5.41, 5.74) is 3.20. The Balaban J connectivity index is 1.99. The van der Waals surface area contributed by atoms with Gasteiger partial charge >= 0.3 is 0 Å². The number of benzene rings is 1. The standard InChI is InChI=1S/C14H17NO/c1-14-6-8-4-11(13(7-14)15-8)10-3-2-9(16)5-12(10)14/h2-3,5,8,11,13,15-16H,4,6-7H2,1H3/t8-,11-,13-,14+/m1/s1. The average Bonchev–Trinajstić information content (AvgIpc) is 2.49. The van der Waals surface area contributed by atoms with Gasteiger partial charge in [-0.05, 0) is 47.9 Å². The van der Waals surface area contributed by atoms with Gasteiger partial charge in [-0.1, -0.05) is 13.0 Å². The molecule has 3 bridgehead atoms. The third-order valence-corrected chi connectivity index (χ3v) is 4.93. The SMILES string of the molecule is C[C@@]12C[C@H]3C[C@H](c4ccc(O)cc41)[C@@H](C2)N3. The van der Waals surface area contributed by atoms with E-state index in [0.29, 0.717) is 29.2 Å². The fraction of sp³-hybridized carbons (Fsp3) is 0.571. The van der Waals surface area contributed by atoms with E-state index in [1.807, 2.05) is 12.1 Å². The highest BCUT2D eigenvalue weighted by Crippen LogP contribution is 2.55. The molecule has 3 aliphatic rings. The van der Waals surface area contributed by atoms with Gasteiger partial charge in [0.15, 0.2) is 0 Å². The van der Waals surface area contributed by atoms with Gasteiger partial charge in [-0.3, -0.25) is 0 Å². The van der Waals surface area contributed by atoms with Crippen LogP contribution in [0.1, 0.15) is 43.2 Å². The predicted octanol–water partition coefficient (Wildman–Crippen LogP) is 2.27. The van der Waals surface area contributed by atoms with E-state index in [1.165, 1.54) is 30.4 Å². The first-order valence-electron chi connectivity index (χ1n) is 6.25. The van der Waals surface area contributed by atoms with Gasteiger partial charge in [0.2, 0.25) is 0 Å². The van der Waals surface area contributed by atoms with Crippen molar-refractivity contribution in [1.82, 2.24) is 5.32 Å². The maximum absolute atomic E-state index is 9.68. The van der Waals surface area contributed by atoms with E-state index in [1.54, 1.807) is 0 Å². The summed E-state index contributed by atoms with van der Waals surface area (Å²) >= 11 is 0. The van der Waals surface area contributed by atoms with Crippen LogP contribution in [0, 0.1) is 0 Å². The number of nitrogens with one attached hydrogen (secondary N) is 1. The first kappa shape index (κ1) is 9.06. The zero-order valence-corrected chi connectivity index (χ0v) is 9.53. The van der Waals surface area contributed by atoms with Crippen molar-refractivity contribution in [2.24, 2.45) is 0 Å². The molecular weight excluding hydrogens is 198 g/mol. The van der Waals surface area contributed by atoms with Gasteiger partial charge < -0.3 is 10.4 Å². The van der Waals surface area contributed by atoms with Crippen LogP contribution >= 0.6 is 0 Å². The van der Waals surface area contributed by atoms with Gasteiger partial charge in [0.25, 0.3) is 0 Å². The highest BCUT2D eigenvalue weighted by molar-refractivity contribution is 5.47. The smallest absolute Gasteiger partial charge is 0.115 e. The Morgan fingerprint density at radius 3 is 3.12 bits per heavy atom. The monoisotopic (exact) mass is 215 g/mol. The molecule has 0 amide bonds. The van der Waals surface area contributed by atoms with Gasteiger partial charge in [0.05, 0.1) is 0 Å². The third kappa shape index (κ3) is 0.963. The summed E-state index contributed by atoms with van der Waals surface area (Å²) < 4.78 is 0. The predicted molar refractivity (Wildman–Crippen MR) is 62.8 cm³/mol. The van der Waals surface area contributed by atoms with Gasteiger partial charge in [0.1, 0.15) is 5.75 Å². The molecular formula is C14H17NO. The van der Waals surface area contributed by atoms with Gasteiger partial charge in [-0.25, -0.2) is 0 Å². The Kier molecular flexibility index (Phi) is 1.48. The molecule has 2 N–H and O–H groups in total. The van der Waals surface area contributed by atoms with E-state index in [0.717, 1.165) is 0 Å². The molecule has 2 heteroatoms. The van der Waals surface area contributed by atoms with Crippen molar-refractivity contribution in [3.63, 3.8) is 0 Å². The van der Waals surface area contributed by atoms with Crippen molar-refractivity contribution in [2.45, 2.75) is 49.6 Å². The van der Waals surface area contributed by atoms with E-state index in [2.05, 4.69) is 18.3 Å². The number of aromatic hydroxyl groups is 1. The largest absolute Gasteiger partial charge is 0.508 e. The maximum Gasteiger partial charge on any atom is 0.115 e. The van der Waals surface area contributed by atoms with E-state index in [4.69, 9.17) is 0 Å². The highest BCUT2D eigenvalue weighted by Gasteiger charge is 2.52. The number of phenols is 1. The Labute approximate surface area is 95.7 Å². The number of fused-ring (bicyclic) bond motifs is 5. The molecule has 2 heterocycles. The van der Waals surface area contributed by atoms with E-state index < -0.39 is 0 Å². The van der Waals surface area contributed by atoms with Crippen LogP contribution in [0.5, 0.6) is 5.75 Å². The molecule has 0 aromatic heterocycles. The number of phenolic OH excluding ortho intramolecular Hbond substituents is 1. The summed E-state index contributed by atoms with van der Waals surface area (Å²) in [6.07, 6.45) is 3.76. The minimum absolute atomic E-state index is 0.293. The first-order valence-corrected chi connectivity index (χ1v) is 6.25. The molecule has 2 aliphatic heterocycles. The van der Waals surface area contributed by atoms with Crippen LogP contribution < -0.4 is 5.32 Å². The van der Waals surface area contributed by atoms with Crippen LogP contribution in [0.25, 0.3) is 0 Å². The van der Waals surface area contributed by atoms with E-state index in [9.17, 15) is 5.11 Å². The molecule has 4 atom stereocenters. The zero-order valence-electron chi connectivity index (χ0n) is 9.53. The molecule has 0 spiro atoms. The van der Waals surface area contributed by atoms with Crippen LogP contribution in [0.4, 0.5) is 0 Å². The Morgan fingerprint density at radius 2 is 2.25 bits per heavy atom. The molecule has 1 aliphatic carbocycles. The number of rotatable bonds is 0. The van der Waals surface area contributed by atoms with Crippen molar-refractivity contribution in [1.29, 1.82) is 0 Å². The highest BCUT2D eigenvalue weighted by atomic mass is 16.3. The first-order chi connectivity index (χ1) is 7.66. The molecule has 84 valence electrons. The third-order valence-electron chi connectivity index (χ3n) is 4.93. The molecule has 2 nitrogen and oxygen atoms in total. The lowest BCUT2D eigenvalue weighted by Gasteiger charge is -2.44. The van der Waals surface area contributed by atoms with Crippen LogP contribution in [-0.4, -0.2) is 17.2 Å². The van der Waals surface area contributed by atoms with Crippen LogP contribution in [0.15, 0.2) is 18.2 Å². The second-order valence-electron chi connectivity index (χ2n) is 6.05. The average molecular weight is 215 g/mol. The summed E-state index contributed by atoms with van der Waals surface area (Å²) in [7, 11) is 0. The summed E-state index contributed by atoms with van der Waals surface area (Å²) in [5, 5.41) is 13.4. The molecule has 0 unspecified atom stereocenters. The number of piperidine rings is 1. The van der Waals surface area contributed by atoms with Crippen LogP contribution in [0.3, 0.4) is 0 Å². The lowest BCUT2D eigenvalue weighted by Crippen LogP contribution is -2.48. The van der Waals surface area contributed by atoms with E-state index >= 15 is 0 Å². The van der Waals surface area contributed by atoms with Crippen LogP contribution in [-0.2, 0) is 5.41 Å². The molecule has 2 saturated heterocycles. The van der Waals surface area contributed by atoms with Crippen molar-refractivity contribution >= 4 is 0 Å². The van der Waals surface area contributed by atoms with Crippen molar-refractivity contribution in [3.05, 3.63) is 29.3 Å². The second-order valence-corrected chi connectivity index (χ2v) is 6.05. The normalized spacial score (nSPS) is 43.4. The number of hydrogen-bond donors (Lipinski definition) is 2. The maximum atomic E-state index is 9.68. The molecule has 0 saturated carbocycles. The van der Waals surface area contributed by atoms with Crippen LogP contribution in [0.2, 0.25) is 0 Å². The summed E-state index contributed by atoms with van der Waals surface area (Å²) in [5.74, 6) is 1.12. The molecule has 4 rings (SSSR count).